The van der Waals surface area contributed by atoms with Crippen LogP contribution in [-0.2, 0) is 0 Å². The lowest BCUT2D eigenvalue weighted by atomic mass is 9.97. The number of rotatable bonds is 6. The highest BCUT2D eigenvalue weighted by Gasteiger charge is 2.15. The highest BCUT2D eigenvalue weighted by atomic mass is 127. The molecule has 4 nitrogen and oxygen atoms in total. The number of hydrogen-bond acceptors (Lipinski definition) is 4. The SMILES string of the molecule is COc1ccc(C(=O)c2cc(I)cc(C(=O)c3ccc(OC)cc3)c2)cc1. The van der Waals surface area contributed by atoms with Crippen molar-refractivity contribution in [3.8, 4) is 11.5 Å². The second-order valence-corrected chi connectivity index (χ2v) is 7.09. The van der Waals surface area contributed by atoms with Gasteiger partial charge in [-0.1, -0.05) is 0 Å². The van der Waals surface area contributed by atoms with Gasteiger partial charge in [0.1, 0.15) is 11.5 Å². The third-order valence-corrected chi connectivity index (χ3v) is 4.75. The molecule has 0 fully saturated rings. The molecule has 3 aromatic carbocycles. The van der Waals surface area contributed by atoms with Gasteiger partial charge in [0.25, 0.3) is 0 Å². The summed E-state index contributed by atoms with van der Waals surface area (Å²) in [6.07, 6.45) is 0. The van der Waals surface area contributed by atoms with Crippen LogP contribution in [0.25, 0.3) is 0 Å². The van der Waals surface area contributed by atoms with Gasteiger partial charge in [0.2, 0.25) is 0 Å². The zero-order valence-corrected chi connectivity index (χ0v) is 17.0. The van der Waals surface area contributed by atoms with Crippen molar-refractivity contribution in [2.75, 3.05) is 14.2 Å². The van der Waals surface area contributed by atoms with Crippen LogP contribution in [0.4, 0.5) is 0 Å². The third kappa shape index (κ3) is 4.36. The smallest absolute Gasteiger partial charge is 0.193 e. The summed E-state index contributed by atoms with van der Waals surface area (Å²) in [5.74, 6) is 1.09. The van der Waals surface area contributed by atoms with E-state index in [9.17, 15) is 9.59 Å². The second kappa shape index (κ2) is 8.35. The van der Waals surface area contributed by atoms with Crippen molar-refractivity contribution < 1.29 is 19.1 Å². The van der Waals surface area contributed by atoms with E-state index in [1.54, 1.807) is 80.9 Å². The fourth-order valence-electron chi connectivity index (χ4n) is 2.67. The molecule has 0 radical (unpaired) electrons. The number of hydrogen-bond donors (Lipinski definition) is 0. The Morgan fingerprint density at radius 3 is 1.33 bits per heavy atom. The molecular formula is C22H17IO4. The molecule has 0 spiro atoms. The normalized spacial score (nSPS) is 10.3. The van der Waals surface area contributed by atoms with Crippen LogP contribution in [0.2, 0.25) is 0 Å². The van der Waals surface area contributed by atoms with Gasteiger partial charge in [0.05, 0.1) is 14.2 Å². The third-order valence-electron chi connectivity index (χ3n) is 4.13. The molecule has 0 aromatic heterocycles. The van der Waals surface area contributed by atoms with Gasteiger partial charge in [-0.2, -0.15) is 0 Å². The highest BCUT2D eigenvalue weighted by molar-refractivity contribution is 14.1. The molecule has 0 aliphatic carbocycles. The summed E-state index contributed by atoms with van der Waals surface area (Å²) >= 11 is 2.11. The topological polar surface area (TPSA) is 52.6 Å². The van der Waals surface area contributed by atoms with Crippen LogP contribution in [0.3, 0.4) is 0 Å². The van der Waals surface area contributed by atoms with Gasteiger partial charge in [-0.25, -0.2) is 0 Å². The van der Waals surface area contributed by atoms with Crippen LogP contribution >= 0.6 is 22.6 Å². The molecule has 0 N–H and O–H groups in total. The molecule has 0 aliphatic rings. The van der Waals surface area contributed by atoms with Gasteiger partial charge in [0.15, 0.2) is 11.6 Å². The maximum Gasteiger partial charge on any atom is 0.193 e. The quantitative estimate of drug-likeness (QED) is 0.383. The number of benzene rings is 3. The molecule has 0 atom stereocenters. The fourth-order valence-corrected chi connectivity index (χ4v) is 3.34. The molecule has 0 heterocycles. The van der Waals surface area contributed by atoms with E-state index >= 15 is 0 Å². The average Bonchev–Trinajstić information content (AvgIpc) is 2.72. The molecule has 0 saturated heterocycles. The molecule has 27 heavy (non-hydrogen) atoms. The predicted octanol–water partition coefficient (Wildman–Crippen LogP) is 4.77. The number of carbonyl (C=O) groups excluding carboxylic acids is 2. The second-order valence-electron chi connectivity index (χ2n) is 5.84. The minimum absolute atomic E-state index is 0.139. The molecule has 0 aliphatic heterocycles. The van der Waals surface area contributed by atoms with E-state index in [1.807, 2.05) is 0 Å². The summed E-state index contributed by atoms with van der Waals surface area (Å²) in [5.41, 5.74) is 2.04. The standard InChI is InChI=1S/C22H17IO4/c1-26-19-7-3-14(4-8-19)21(24)16-11-17(13-18(23)12-16)22(25)15-5-9-20(27-2)10-6-15/h3-13H,1-2H3. The Hall–Kier alpha value is -2.67. The van der Waals surface area contributed by atoms with Crippen LogP contribution in [0.15, 0.2) is 66.7 Å². The summed E-state index contributed by atoms with van der Waals surface area (Å²) in [4.78, 5) is 25.6. The lowest BCUT2D eigenvalue weighted by Gasteiger charge is -2.08. The Labute approximate surface area is 171 Å². The molecule has 0 unspecified atom stereocenters. The van der Waals surface area contributed by atoms with E-state index in [-0.39, 0.29) is 11.6 Å². The van der Waals surface area contributed by atoms with Crippen LogP contribution in [0, 0.1) is 3.57 Å². The van der Waals surface area contributed by atoms with Crippen molar-refractivity contribution in [3.05, 3.63) is 92.6 Å². The van der Waals surface area contributed by atoms with Crippen molar-refractivity contribution in [2.24, 2.45) is 0 Å². The summed E-state index contributed by atoms with van der Waals surface area (Å²) in [6, 6.07) is 19.0. The highest BCUT2D eigenvalue weighted by Crippen LogP contribution is 2.21. The van der Waals surface area contributed by atoms with E-state index in [2.05, 4.69) is 22.6 Å². The van der Waals surface area contributed by atoms with Crippen LogP contribution in [0.5, 0.6) is 11.5 Å². The Bertz CT molecular complexity index is 898. The maximum absolute atomic E-state index is 12.8. The monoisotopic (exact) mass is 472 g/mol. The van der Waals surface area contributed by atoms with E-state index in [0.29, 0.717) is 33.8 Å². The van der Waals surface area contributed by atoms with Crippen molar-refractivity contribution >= 4 is 34.2 Å². The molecule has 0 amide bonds. The fraction of sp³-hybridized carbons (Fsp3) is 0.0909. The van der Waals surface area contributed by atoms with E-state index in [4.69, 9.17) is 9.47 Å². The van der Waals surface area contributed by atoms with Crippen LogP contribution in [0.1, 0.15) is 31.8 Å². The number of methoxy groups -OCH3 is 2. The van der Waals surface area contributed by atoms with Gasteiger partial charge in [-0.3, -0.25) is 9.59 Å². The van der Waals surface area contributed by atoms with Crippen molar-refractivity contribution in [3.63, 3.8) is 0 Å². The van der Waals surface area contributed by atoms with Crippen molar-refractivity contribution in [1.82, 2.24) is 0 Å². The maximum atomic E-state index is 12.8. The first-order valence-corrected chi connectivity index (χ1v) is 9.28. The van der Waals surface area contributed by atoms with Gasteiger partial charge in [-0.05, 0) is 89.3 Å². The molecule has 3 rings (SSSR count). The molecule has 3 aromatic rings. The summed E-state index contributed by atoms with van der Waals surface area (Å²) in [7, 11) is 3.15. The van der Waals surface area contributed by atoms with Crippen molar-refractivity contribution in [1.29, 1.82) is 0 Å². The van der Waals surface area contributed by atoms with Crippen molar-refractivity contribution in [2.45, 2.75) is 0 Å². The summed E-state index contributed by atoms with van der Waals surface area (Å²) < 4.78 is 11.1. The molecule has 5 heteroatoms. The Kier molecular flexibility index (Phi) is 5.91. The zero-order valence-electron chi connectivity index (χ0n) is 14.9. The van der Waals surface area contributed by atoms with E-state index in [1.165, 1.54) is 0 Å². The van der Waals surface area contributed by atoms with E-state index < -0.39 is 0 Å². The van der Waals surface area contributed by atoms with Gasteiger partial charge in [0, 0.05) is 25.8 Å². The number of ether oxygens (including phenoxy) is 2. The molecular weight excluding hydrogens is 455 g/mol. The Morgan fingerprint density at radius 1 is 0.630 bits per heavy atom. The summed E-state index contributed by atoms with van der Waals surface area (Å²) in [5, 5.41) is 0. The first-order chi connectivity index (χ1) is 13.0. The Balaban J connectivity index is 1.92. The molecule has 0 bridgehead atoms. The number of ketones is 2. The van der Waals surface area contributed by atoms with Gasteiger partial charge in [-0.15, -0.1) is 0 Å². The number of carbonyl (C=O) groups is 2. The Morgan fingerprint density at radius 2 is 1.00 bits per heavy atom. The van der Waals surface area contributed by atoms with Crippen LogP contribution < -0.4 is 9.47 Å². The minimum Gasteiger partial charge on any atom is -0.497 e. The van der Waals surface area contributed by atoms with E-state index in [0.717, 1.165) is 3.57 Å². The number of halogens is 1. The first-order valence-electron chi connectivity index (χ1n) is 8.20. The lowest BCUT2D eigenvalue weighted by molar-refractivity contribution is 0.103. The first kappa shape index (κ1) is 19.1. The zero-order chi connectivity index (χ0) is 19.4. The molecule has 0 saturated carbocycles. The van der Waals surface area contributed by atoms with Gasteiger partial charge >= 0.3 is 0 Å². The van der Waals surface area contributed by atoms with Gasteiger partial charge < -0.3 is 9.47 Å². The minimum atomic E-state index is -0.139. The predicted molar refractivity (Wildman–Crippen MR) is 112 cm³/mol. The van der Waals surface area contributed by atoms with Crippen LogP contribution in [-0.4, -0.2) is 25.8 Å². The largest absolute Gasteiger partial charge is 0.497 e. The average molecular weight is 472 g/mol. The lowest BCUT2D eigenvalue weighted by Crippen LogP contribution is -2.07. The summed E-state index contributed by atoms with van der Waals surface area (Å²) in [6.45, 7) is 0. The molecule has 136 valence electrons.